The van der Waals surface area contributed by atoms with Crippen molar-refractivity contribution < 1.29 is 23.8 Å². The second kappa shape index (κ2) is 14.4. The van der Waals surface area contributed by atoms with Crippen LogP contribution in [0.25, 0.3) is 0 Å². The van der Waals surface area contributed by atoms with E-state index in [-0.39, 0.29) is 17.3 Å². The number of carbonyl (C=O) groups excluding carboxylic acids is 2. The number of ketones is 1. The average Bonchev–Trinajstić information content (AvgIpc) is 3.06. The molecule has 0 aliphatic carbocycles. The molecule has 0 heterocycles. The number of esters is 1. The minimum atomic E-state index is -0.436. The van der Waals surface area contributed by atoms with Gasteiger partial charge >= 0.3 is 5.97 Å². The van der Waals surface area contributed by atoms with Crippen LogP contribution in [-0.4, -0.2) is 17.4 Å². The summed E-state index contributed by atoms with van der Waals surface area (Å²) in [7, 11) is 0. The minimum absolute atomic E-state index is 0.113. The van der Waals surface area contributed by atoms with E-state index >= 15 is 0 Å². The molecule has 0 aliphatic rings. The van der Waals surface area contributed by atoms with Gasteiger partial charge in [0.05, 0.1) is 5.56 Å². The van der Waals surface area contributed by atoms with E-state index in [9.17, 15) is 9.59 Å². The summed E-state index contributed by atoms with van der Waals surface area (Å²) in [5, 5.41) is 0. The smallest absolute Gasteiger partial charge is 0.343 e. The third kappa shape index (κ3) is 8.06. The van der Waals surface area contributed by atoms with Gasteiger partial charge in [0.25, 0.3) is 0 Å². The van der Waals surface area contributed by atoms with E-state index in [1.165, 1.54) is 5.56 Å². The number of carbonyl (C=O) groups is 2. The Kier molecular flexibility index (Phi) is 10.8. The lowest BCUT2D eigenvalue weighted by atomic mass is 9.82. The molecule has 1 atom stereocenters. The zero-order chi connectivity index (χ0) is 33.6. The first-order valence-electron chi connectivity index (χ1n) is 16.3. The maximum Gasteiger partial charge on any atom is 0.343 e. The van der Waals surface area contributed by atoms with Crippen molar-refractivity contribution in [3.05, 3.63) is 118 Å². The Morgan fingerprint density at radius 3 is 1.59 bits per heavy atom. The normalized spacial score (nSPS) is 12.4. The molecule has 4 aromatic carbocycles. The van der Waals surface area contributed by atoms with Crippen molar-refractivity contribution in [3.8, 4) is 23.0 Å². The number of rotatable bonds is 13. The Morgan fingerprint density at radius 2 is 1.13 bits per heavy atom. The third-order valence-electron chi connectivity index (χ3n) is 9.39. The zero-order valence-electron chi connectivity index (χ0n) is 28.8. The predicted octanol–water partition coefficient (Wildman–Crippen LogP) is 11.0. The second-order valence-corrected chi connectivity index (χ2v) is 13.1. The molecule has 0 fully saturated rings. The van der Waals surface area contributed by atoms with E-state index in [4.69, 9.17) is 14.2 Å². The first kappa shape index (κ1) is 34.5. The highest BCUT2D eigenvalue weighted by atomic mass is 16.5. The van der Waals surface area contributed by atoms with Gasteiger partial charge in [-0.15, -0.1) is 0 Å². The van der Waals surface area contributed by atoms with Crippen molar-refractivity contribution in [2.45, 2.75) is 93.1 Å². The van der Waals surface area contributed by atoms with Gasteiger partial charge in [-0.25, -0.2) is 4.79 Å². The summed E-state index contributed by atoms with van der Waals surface area (Å²) in [6.45, 7) is 18.6. The molecule has 4 aromatic rings. The van der Waals surface area contributed by atoms with Gasteiger partial charge in [0, 0.05) is 16.9 Å². The monoisotopic (exact) mass is 620 g/mol. The topological polar surface area (TPSA) is 61.8 Å². The molecule has 5 heteroatoms. The standard InChI is InChI=1S/C41H48O5/c1-10-40(7,8)38(42)30-13-19-34(20-14-30)44-35-21-15-31(16-22-35)39(43)45-36-23-17-32(25-27(36)4)29(6)33-18-24-37(28(5)26-33)46-41(9,11-2)12-3/h13-26,29H,10-12H2,1-9H3. The minimum Gasteiger partial charge on any atom is -0.487 e. The van der Waals surface area contributed by atoms with E-state index in [1.54, 1.807) is 48.5 Å². The Balaban J connectivity index is 1.38. The van der Waals surface area contributed by atoms with Crippen LogP contribution in [-0.2, 0) is 0 Å². The Bertz CT molecular complexity index is 1660. The van der Waals surface area contributed by atoms with Gasteiger partial charge in [0.1, 0.15) is 28.6 Å². The fraction of sp³-hybridized carbons (Fsp3) is 0.366. The molecule has 0 bridgehead atoms. The van der Waals surface area contributed by atoms with Crippen molar-refractivity contribution in [1.82, 2.24) is 0 Å². The fourth-order valence-corrected chi connectivity index (χ4v) is 5.14. The number of hydrogen-bond acceptors (Lipinski definition) is 5. The van der Waals surface area contributed by atoms with Crippen LogP contribution >= 0.6 is 0 Å². The second-order valence-electron chi connectivity index (χ2n) is 13.1. The predicted molar refractivity (Wildman–Crippen MR) is 186 cm³/mol. The molecule has 242 valence electrons. The van der Waals surface area contributed by atoms with Crippen LogP contribution in [0.3, 0.4) is 0 Å². The summed E-state index contributed by atoms with van der Waals surface area (Å²) in [5.74, 6) is 2.49. The quantitative estimate of drug-likeness (QED) is 0.0845. The van der Waals surface area contributed by atoms with Crippen LogP contribution in [0.5, 0.6) is 23.0 Å². The lowest BCUT2D eigenvalue weighted by Gasteiger charge is -2.29. The van der Waals surface area contributed by atoms with Gasteiger partial charge in [-0.2, -0.15) is 0 Å². The molecule has 0 amide bonds. The van der Waals surface area contributed by atoms with Gasteiger partial charge in [-0.1, -0.05) is 65.8 Å². The van der Waals surface area contributed by atoms with E-state index in [2.05, 4.69) is 58.9 Å². The van der Waals surface area contributed by atoms with Gasteiger partial charge < -0.3 is 14.2 Å². The third-order valence-corrected chi connectivity index (χ3v) is 9.39. The molecule has 46 heavy (non-hydrogen) atoms. The summed E-state index contributed by atoms with van der Waals surface area (Å²) in [4.78, 5) is 25.7. The van der Waals surface area contributed by atoms with E-state index in [0.29, 0.717) is 28.4 Å². The van der Waals surface area contributed by atoms with Gasteiger partial charge in [-0.3, -0.25) is 4.79 Å². The Hall–Kier alpha value is -4.38. The van der Waals surface area contributed by atoms with Crippen LogP contribution in [0.15, 0.2) is 84.9 Å². The van der Waals surface area contributed by atoms with E-state index in [1.807, 2.05) is 39.8 Å². The molecule has 0 saturated heterocycles. The highest BCUT2D eigenvalue weighted by molar-refractivity contribution is 6.00. The molecule has 4 rings (SSSR count). The number of hydrogen-bond donors (Lipinski definition) is 0. The first-order valence-corrected chi connectivity index (χ1v) is 16.3. The van der Waals surface area contributed by atoms with Gasteiger partial charge in [-0.05, 0) is 123 Å². The highest BCUT2D eigenvalue weighted by Gasteiger charge is 2.26. The van der Waals surface area contributed by atoms with Crippen LogP contribution in [0.4, 0.5) is 0 Å². The van der Waals surface area contributed by atoms with Crippen LogP contribution in [0, 0.1) is 19.3 Å². The number of benzene rings is 4. The summed E-state index contributed by atoms with van der Waals surface area (Å²) < 4.78 is 18.1. The molecule has 0 saturated carbocycles. The summed E-state index contributed by atoms with van der Waals surface area (Å²) in [5.41, 5.74) is 4.88. The maximum atomic E-state index is 13.0. The highest BCUT2D eigenvalue weighted by Crippen LogP contribution is 2.34. The molecular weight excluding hydrogens is 572 g/mol. The molecule has 1 unspecified atom stereocenters. The fourth-order valence-electron chi connectivity index (χ4n) is 5.14. The lowest BCUT2D eigenvalue weighted by molar-refractivity contribution is 0.0732. The molecule has 0 aromatic heterocycles. The average molecular weight is 621 g/mol. The summed E-state index contributed by atoms with van der Waals surface area (Å²) in [6.07, 6.45) is 2.68. The number of ether oxygens (including phenoxy) is 3. The lowest BCUT2D eigenvalue weighted by Crippen LogP contribution is -2.30. The molecule has 0 N–H and O–H groups in total. The Labute approximate surface area is 274 Å². The van der Waals surface area contributed by atoms with Crippen molar-refractivity contribution in [1.29, 1.82) is 0 Å². The molecular formula is C41H48O5. The zero-order valence-corrected chi connectivity index (χ0v) is 28.8. The summed E-state index contributed by atoms with van der Waals surface area (Å²) >= 11 is 0. The molecule has 0 spiro atoms. The molecule has 0 aliphatic heterocycles. The number of Topliss-reactive ketones (excluding diaryl/α,β-unsaturated/α-hetero) is 1. The van der Waals surface area contributed by atoms with Crippen LogP contribution < -0.4 is 14.2 Å². The molecule has 5 nitrogen and oxygen atoms in total. The first-order chi connectivity index (χ1) is 21.8. The van der Waals surface area contributed by atoms with Crippen molar-refractivity contribution >= 4 is 11.8 Å². The van der Waals surface area contributed by atoms with Gasteiger partial charge in [0.2, 0.25) is 0 Å². The Morgan fingerprint density at radius 1 is 0.652 bits per heavy atom. The van der Waals surface area contributed by atoms with Crippen LogP contribution in [0.2, 0.25) is 0 Å². The SMILES string of the molecule is CCC(C)(CC)Oc1ccc(C(C)c2ccc(OC(=O)c3ccc(Oc4ccc(C(=O)C(C)(C)CC)cc4)cc3)c(C)c2)cc1C. The largest absolute Gasteiger partial charge is 0.487 e. The van der Waals surface area contributed by atoms with E-state index < -0.39 is 11.4 Å². The maximum absolute atomic E-state index is 13.0. The number of aryl methyl sites for hydroxylation is 2. The van der Waals surface area contributed by atoms with Crippen molar-refractivity contribution in [3.63, 3.8) is 0 Å². The molecule has 0 radical (unpaired) electrons. The van der Waals surface area contributed by atoms with E-state index in [0.717, 1.165) is 41.7 Å². The summed E-state index contributed by atoms with van der Waals surface area (Å²) in [6, 6.07) is 26.4. The van der Waals surface area contributed by atoms with Gasteiger partial charge in [0.15, 0.2) is 5.78 Å². The van der Waals surface area contributed by atoms with Crippen molar-refractivity contribution in [2.24, 2.45) is 5.41 Å². The van der Waals surface area contributed by atoms with Crippen molar-refractivity contribution in [2.75, 3.05) is 0 Å². The van der Waals surface area contributed by atoms with Crippen LogP contribution in [0.1, 0.15) is 117 Å².